The summed E-state index contributed by atoms with van der Waals surface area (Å²) in [6.45, 7) is 2.79. The van der Waals surface area contributed by atoms with Gasteiger partial charge in [-0.25, -0.2) is 4.98 Å². The molecule has 0 spiro atoms. The van der Waals surface area contributed by atoms with E-state index in [2.05, 4.69) is 10.3 Å². The van der Waals surface area contributed by atoms with Crippen molar-refractivity contribution in [2.24, 2.45) is 5.73 Å². The first kappa shape index (κ1) is 10.3. The second-order valence-corrected chi connectivity index (χ2v) is 2.93. The zero-order chi connectivity index (χ0) is 10.6. The molecule has 5 heteroatoms. The summed E-state index contributed by atoms with van der Waals surface area (Å²) < 4.78 is 0. The van der Waals surface area contributed by atoms with Crippen LogP contribution in [0.25, 0.3) is 0 Å². The summed E-state index contributed by atoms with van der Waals surface area (Å²) in [5.41, 5.74) is 11.5. The Labute approximate surface area is 82.5 Å². The maximum absolute atomic E-state index is 10.8. The van der Waals surface area contributed by atoms with Crippen LogP contribution in [-0.4, -0.2) is 17.4 Å². The lowest BCUT2D eigenvalue weighted by atomic mass is 10.3. The minimum atomic E-state index is -0.551. The van der Waals surface area contributed by atoms with Gasteiger partial charge in [0.15, 0.2) is 0 Å². The van der Waals surface area contributed by atoms with Gasteiger partial charge in [-0.2, -0.15) is 0 Å². The normalized spacial score (nSPS) is 9.79. The van der Waals surface area contributed by atoms with Crippen molar-refractivity contribution in [1.29, 1.82) is 0 Å². The van der Waals surface area contributed by atoms with Gasteiger partial charge < -0.3 is 16.8 Å². The Morgan fingerprint density at radius 2 is 2.29 bits per heavy atom. The highest BCUT2D eigenvalue weighted by atomic mass is 16.1. The number of pyridine rings is 1. The molecular weight excluding hydrogens is 180 g/mol. The van der Waals surface area contributed by atoms with Crippen molar-refractivity contribution in [2.75, 3.05) is 17.6 Å². The molecule has 1 rings (SSSR count). The molecule has 0 atom stereocenters. The first-order chi connectivity index (χ1) is 6.65. The van der Waals surface area contributed by atoms with Crippen LogP contribution in [0.15, 0.2) is 12.1 Å². The van der Waals surface area contributed by atoms with Crippen LogP contribution in [0.1, 0.15) is 23.8 Å². The van der Waals surface area contributed by atoms with E-state index in [1.165, 1.54) is 6.07 Å². The molecule has 0 aliphatic carbocycles. The molecule has 5 N–H and O–H groups in total. The number of primary amides is 1. The average Bonchev–Trinajstić information content (AvgIpc) is 2.16. The number of carbonyl (C=O) groups is 1. The van der Waals surface area contributed by atoms with E-state index < -0.39 is 5.91 Å². The summed E-state index contributed by atoms with van der Waals surface area (Å²) in [5, 5.41) is 3.01. The Kier molecular flexibility index (Phi) is 3.28. The summed E-state index contributed by atoms with van der Waals surface area (Å²) in [5.74, 6) is -0.0345. The van der Waals surface area contributed by atoms with Crippen LogP contribution in [0.5, 0.6) is 0 Å². The molecule has 1 aromatic heterocycles. The molecule has 1 aromatic rings. The minimum Gasteiger partial charge on any atom is -0.396 e. The zero-order valence-corrected chi connectivity index (χ0v) is 8.08. The molecule has 0 aromatic carbocycles. The van der Waals surface area contributed by atoms with Gasteiger partial charge in [0, 0.05) is 6.54 Å². The van der Waals surface area contributed by atoms with Crippen LogP contribution < -0.4 is 16.8 Å². The van der Waals surface area contributed by atoms with Crippen molar-refractivity contribution in [1.82, 2.24) is 4.98 Å². The molecule has 14 heavy (non-hydrogen) atoms. The third kappa shape index (κ3) is 2.35. The maximum atomic E-state index is 10.8. The number of nitrogens with two attached hydrogens (primary N) is 2. The summed E-state index contributed by atoms with van der Waals surface area (Å²) in [4.78, 5) is 14.8. The Morgan fingerprint density at radius 1 is 1.57 bits per heavy atom. The summed E-state index contributed by atoms with van der Waals surface area (Å²) in [6, 6.07) is 3.12. The van der Waals surface area contributed by atoms with E-state index in [-0.39, 0.29) is 5.69 Å². The number of nitrogen functional groups attached to an aromatic ring is 1. The quantitative estimate of drug-likeness (QED) is 0.653. The number of hydrogen-bond acceptors (Lipinski definition) is 4. The number of nitrogens with one attached hydrogen (secondary N) is 1. The van der Waals surface area contributed by atoms with Crippen LogP contribution in [0.2, 0.25) is 0 Å². The monoisotopic (exact) mass is 194 g/mol. The minimum absolute atomic E-state index is 0.220. The molecule has 0 unspecified atom stereocenters. The van der Waals surface area contributed by atoms with E-state index in [1.807, 2.05) is 6.92 Å². The maximum Gasteiger partial charge on any atom is 0.267 e. The van der Waals surface area contributed by atoms with E-state index in [0.29, 0.717) is 11.5 Å². The first-order valence-electron chi connectivity index (χ1n) is 4.45. The van der Waals surface area contributed by atoms with Gasteiger partial charge in [-0.05, 0) is 18.6 Å². The number of hydrogen-bond donors (Lipinski definition) is 3. The number of carbonyl (C=O) groups excluding carboxylic acids is 1. The molecule has 0 aliphatic heterocycles. The van der Waals surface area contributed by atoms with Gasteiger partial charge in [-0.1, -0.05) is 6.92 Å². The van der Waals surface area contributed by atoms with Crippen molar-refractivity contribution < 1.29 is 4.79 Å². The van der Waals surface area contributed by atoms with Crippen LogP contribution in [-0.2, 0) is 0 Å². The number of rotatable bonds is 4. The molecule has 5 nitrogen and oxygen atoms in total. The predicted octanol–water partition coefficient (Wildman–Crippen LogP) is 0.585. The van der Waals surface area contributed by atoms with Crippen molar-refractivity contribution >= 4 is 17.4 Å². The molecule has 0 radical (unpaired) electrons. The molecule has 76 valence electrons. The van der Waals surface area contributed by atoms with Crippen LogP contribution in [0.3, 0.4) is 0 Å². The number of amides is 1. The molecule has 1 amide bonds. The van der Waals surface area contributed by atoms with Crippen LogP contribution in [0, 0.1) is 0 Å². The average molecular weight is 194 g/mol. The zero-order valence-electron chi connectivity index (χ0n) is 8.08. The Balaban J connectivity index is 2.90. The van der Waals surface area contributed by atoms with E-state index in [9.17, 15) is 4.79 Å². The van der Waals surface area contributed by atoms with Gasteiger partial charge in [0.05, 0.1) is 5.69 Å². The second kappa shape index (κ2) is 4.45. The fourth-order valence-corrected chi connectivity index (χ4v) is 0.992. The molecule has 0 saturated carbocycles. The highest BCUT2D eigenvalue weighted by Gasteiger charge is 2.05. The second-order valence-electron chi connectivity index (χ2n) is 2.93. The van der Waals surface area contributed by atoms with Crippen molar-refractivity contribution in [3.05, 3.63) is 17.8 Å². The van der Waals surface area contributed by atoms with Gasteiger partial charge >= 0.3 is 0 Å². The van der Waals surface area contributed by atoms with Crippen molar-refractivity contribution in [2.45, 2.75) is 13.3 Å². The van der Waals surface area contributed by atoms with Gasteiger partial charge in [0.2, 0.25) is 0 Å². The first-order valence-corrected chi connectivity index (χ1v) is 4.45. The molecule has 1 heterocycles. The molecule has 0 saturated heterocycles. The van der Waals surface area contributed by atoms with E-state index in [0.717, 1.165) is 13.0 Å². The number of nitrogens with zero attached hydrogens (tertiary/aromatic N) is 1. The third-order valence-electron chi connectivity index (χ3n) is 1.72. The lowest BCUT2D eigenvalue weighted by Gasteiger charge is -2.07. The van der Waals surface area contributed by atoms with Crippen LogP contribution >= 0.6 is 0 Å². The SMILES string of the molecule is CCCNc1nc(C(N)=O)ccc1N. The summed E-state index contributed by atoms with van der Waals surface area (Å²) in [7, 11) is 0. The van der Waals surface area contributed by atoms with Gasteiger partial charge in [0.1, 0.15) is 11.5 Å². The molecule has 0 bridgehead atoms. The van der Waals surface area contributed by atoms with Crippen molar-refractivity contribution in [3.8, 4) is 0 Å². The van der Waals surface area contributed by atoms with Gasteiger partial charge in [0.25, 0.3) is 5.91 Å². The third-order valence-corrected chi connectivity index (χ3v) is 1.72. The fraction of sp³-hybridized carbons (Fsp3) is 0.333. The Morgan fingerprint density at radius 3 is 2.86 bits per heavy atom. The van der Waals surface area contributed by atoms with Crippen LogP contribution in [0.4, 0.5) is 11.5 Å². The summed E-state index contributed by atoms with van der Waals surface area (Å²) in [6.07, 6.45) is 0.960. The standard InChI is InChI=1S/C9H14N4O/c1-2-5-12-9-6(10)3-4-7(13-9)8(11)14/h3-4H,2,5,10H2,1H3,(H2,11,14)(H,12,13). The smallest absolute Gasteiger partial charge is 0.267 e. The summed E-state index contributed by atoms with van der Waals surface area (Å²) >= 11 is 0. The van der Waals surface area contributed by atoms with Crippen molar-refractivity contribution in [3.63, 3.8) is 0 Å². The molecule has 0 aliphatic rings. The Bertz CT molecular complexity index is 338. The Hall–Kier alpha value is -1.78. The van der Waals surface area contributed by atoms with E-state index in [1.54, 1.807) is 6.07 Å². The largest absolute Gasteiger partial charge is 0.396 e. The molecular formula is C9H14N4O. The van der Waals surface area contributed by atoms with Gasteiger partial charge in [-0.3, -0.25) is 4.79 Å². The van der Waals surface area contributed by atoms with Gasteiger partial charge in [-0.15, -0.1) is 0 Å². The molecule has 0 fully saturated rings. The number of aromatic nitrogens is 1. The highest BCUT2D eigenvalue weighted by molar-refractivity contribution is 5.91. The van der Waals surface area contributed by atoms with E-state index >= 15 is 0 Å². The van der Waals surface area contributed by atoms with E-state index in [4.69, 9.17) is 11.5 Å². The topological polar surface area (TPSA) is 94.0 Å². The predicted molar refractivity (Wildman–Crippen MR) is 55.9 cm³/mol. The fourth-order valence-electron chi connectivity index (χ4n) is 0.992. The lowest BCUT2D eigenvalue weighted by Crippen LogP contribution is -2.15. The highest BCUT2D eigenvalue weighted by Crippen LogP contribution is 2.15. The lowest BCUT2D eigenvalue weighted by molar-refractivity contribution is 0.0996. The number of anilines is 2.